The van der Waals surface area contributed by atoms with Crippen LogP contribution in [0.4, 0.5) is 0 Å². The van der Waals surface area contributed by atoms with Crippen LogP contribution in [0.2, 0.25) is 0 Å². The van der Waals surface area contributed by atoms with E-state index in [1.807, 2.05) is 26.1 Å². The van der Waals surface area contributed by atoms with E-state index in [-0.39, 0.29) is 6.04 Å². The smallest absolute Gasteiger partial charge is 0.240 e. The molecule has 20 heavy (non-hydrogen) atoms. The van der Waals surface area contributed by atoms with E-state index in [1.54, 1.807) is 12.1 Å². The minimum absolute atomic E-state index is 0.0106. The lowest BCUT2D eigenvalue weighted by atomic mass is 10.1. The van der Waals surface area contributed by atoms with Crippen LogP contribution < -0.4 is 10.0 Å². The van der Waals surface area contributed by atoms with Crippen LogP contribution in [-0.2, 0) is 16.4 Å². The van der Waals surface area contributed by atoms with Crippen LogP contribution in [0, 0.1) is 5.92 Å². The molecule has 0 aliphatic heterocycles. The fourth-order valence-electron chi connectivity index (χ4n) is 2.34. The van der Waals surface area contributed by atoms with E-state index in [0.29, 0.717) is 4.90 Å². The SMILES string of the molecule is CNCCc1ccc(S(=O)(=O)NC(C)CC2CC2)cc1. The van der Waals surface area contributed by atoms with Crippen molar-refractivity contribution < 1.29 is 8.42 Å². The van der Waals surface area contributed by atoms with Crippen LogP contribution in [-0.4, -0.2) is 28.1 Å². The van der Waals surface area contributed by atoms with Crippen LogP contribution >= 0.6 is 0 Å². The van der Waals surface area contributed by atoms with Crippen LogP contribution in [0.15, 0.2) is 29.2 Å². The van der Waals surface area contributed by atoms with Crippen molar-refractivity contribution in [1.29, 1.82) is 0 Å². The highest BCUT2D eigenvalue weighted by Gasteiger charge is 2.26. The first-order valence-electron chi connectivity index (χ1n) is 7.27. The van der Waals surface area contributed by atoms with Gasteiger partial charge in [0.25, 0.3) is 0 Å². The molecule has 1 unspecified atom stereocenters. The third kappa shape index (κ3) is 4.58. The van der Waals surface area contributed by atoms with Crippen LogP contribution in [0.1, 0.15) is 31.7 Å². The van der Waals surface area contributed by atoms with E-state index >= 15 is 0 Å². The van der Waals surface area contributed by atoms with Gasteiger partial charge in [0.05, 0.1) is 4.90 Å². The Kier molecular flexibility index (Phi) is 5.18. The number of hydrogen-bond acceptors (Lipinski definition) is 3. The largest absolute Gasteiger partial charge is 0.319 e. The Balaban J connectivity index is 1.97. The number of nitrogens with one attached hydrogen (secondary N) is 2. The van der Waals surface area contributed by atoms with Crippen molar-refractivity contribution in [2.75, 3.05) is 13.6 Å². The highest BCUT2D eigenvalue weighted by atomic mass is 32.2. The number of benzene rings is 1. The molecule has 0 heterocycles. The van der Waals surface area contributed by atoms with Gasteiger partial charge in [-0.15, -0.1) is 0 Å². The molecule has 1 atom stereocenters. The van der Waals surface area contributed by atoms with Gasteiger partial charge >= 0.3 is 0 Å². The maximum absolute atomic E-state index is 12.2. The van der Waals surface area contributed by atoms with Crippen LogP contribution in [0.25, 0.3) is 0 Å². The summed E-state index contributed by atoms with van der Waals surface area (Å²) >= 11 is 0. The standard InChI is InChI=1S/C15H24N2O2S/c1-12(11-14-3-4-14)17-20(18,19)15-7-5-13(6-8-15)9-10-16-2/h5-8,12,14,16-17H,3-4,9-11H2,1-2H3. The summed E-state index contributed by atoms with van der Waals surface area (Å²) in [7, 11) is -1.47. The quantitative estimate of drug-likeness (QED) is 0.770. The highest BCUT2D eigenvalue weighted by Crippen LogP contribution is 2.33. The topological polar surface area (TPSA) is 58.2 Å². The van der Waals surface area contributed by atoms with E-state index in [2.05, 4.69) is 10.0 Å². The van der Waals surface area contributed by atoms with Gasteiger partial charge in [-0.1, -0.05) is 25.0 Å². The second-order valence-corrected chi connectivity index (χ2v) is 7.41. The fraction of sp³-hybridized carbons (Fsp3) is 0.600. The molecule has 0 bridgehead atoms. The zero-order valence-corrected chi connectivity index (χ0v) is 13.0. The summed E-state index contributed by atoms with van der Waals surface area (Å²) in [5, 5.41) is 3.08. The Bertz CT molecular complexity index is 521. The van der Waals surface area contributed by atoms with Gasteiger partial charge in [0.2, 0.25) is 10.0 Å². The first kappa shape index (κ1) is 15.5. The normalized spacial score (nSPS) is 17.1. The number of hydrogen-bond donors (Lipinski definition) is 2. The highest BCUT2D eigenvalue weighted by molar-refractivity contribution is 7.89. The summed E-state index contributed by atoms with van der Waals surface area (Å²) in [4.78, 5) is 0.355. The van der Waals surface area contributed by atoms with Gasteiger partial charge in [-0.25, -0.2) is 13.1 Å². The van der Waals surface area contributed by atoms with E-state index in [0.717, 1.165) is 30.9 Å². The van der Waals surface area contributed by atoms with Gasteiger partial charge < -0.3 is 5.32 Å². The average Bonchev–Trinajstić information content (AvgIpc) is 3.20. The van der Waals surface area contributed by atoms with Gasteiger partial charge in [0.1, 0.15) is 0 Å². The Morgan fingerprint density at radius 3 is 2.45 bits per heavy atom. The van der Waals surface area contributed by atoms with E-state index in [4.69, 9.17) is 0 Å². The monoisotopic (exact) mass is 296 g/mol. The minimum Gasteiger partial charge on any atom is -0.319 e. The van der Waals surface area contributed by atoms with Gasteiger partial charge in [-0.2, -0.15) is 0 Å². The van der Waals surface area contributed by atoms with Crippen molar-refractivity contribution >= 4 is 10.0 Å². The van der Waals surface area contributed by atoms with Crippen molar-refractivity contribution in [3.63, 3.8) is 0 Å². The zero-order valence-electron chi connectivity index (χ0n) is 12.2. The van der Waals surface area contributed by atoms with Crippen molar-refractivity contribution in [2.24, 2.45) is 5.92 Å². The summed E-state index contributed by atoms with van der Waals surface area (Å²) < 4.78 is 27.3. The Hall–Kier alpha value is -0.910. The third-order valence-electron chi connectivity index (χ3n) is 3.64. The maximum Gasteiger partial charge on any atom is 0.240 e. The molecule has 1 aromatic carbocycles. The molecule has 0 spiro atoms. The molecule has 1 aromatic rings. The van der Waals surface area contributed by atoms with Crippen molar-refractivity contribution in [3.05, 3.63) is 29.8 Å². The predicted octanol–water partition coefficient (Wildman–Crippen LogP) is 1.92. The fourth-order valence-corrected chi connectivity index (χ4v) is 3.60. The number of likely N-dealkylation sites (N-methyl/N-ethyl adjacent to an activating group) is 1. The molecule has 0 amide bonds. The number of sulfonamides is 1. The second kappa shape index (κ2) is 6.70. The zero-order chi connectivity index (χ0) is 14.6. The molecule has 112 valence electrons. The minimum atomic E-state index is -3.38. The summed E-state index contributed by atoms with van der Waals surface area (Å²) in [6, 6.07) is 7.17. The summed E-state index contributed by atoms with van der Waals surface area (Å²) in [6.45, 7) is 2.83. The first-order valence-corrected chi connectivity index (χ1v) is 8.75. The molecule has 0 radical (unpaired) electrons. The van der Waals surface area contributed by atoms with E-state index in [1.165, 1.54) is 12.8 Å². The second-order valence-electron chi connectivity index (χ2n) is 5.70. The molecule has 1 aliphatic carbocycles. The van der Waals surface area contributed by atoms with Gasteiger partial charge in [-0.3, -0.25) is 0 Å². The molecule has 1 saturated carbocycles. The number of rotatable bonds is 8. The van der Waals surface area contributed by atoms with Gasteiger partial charge in [-0.05, 0) is 57.0 Å². The third-order valence-corrected chi connectivity index (χ3v) is 5.24. The lowest BCUT2D eigenvalue weighted by Gasteiger charge is -2.14. The van der Waals surface area contributed by atoms with E-state index in [9.17, 15) is 8.42 Å². The molecule has 5 heteroatoms. The lowest BCUT2D eigenvalue weighted by molar-refractivity contribution is 0.530. The lowest BCUT2D eigenvalue weighted by Crippen LogP contribution is -2.32. The summed E-state index contributed by atoms with van der Waals surface area (Å²) in [5.41, 5.74) is 1.14. The van der Waals surface area contributed by atoms with Crippen molar-refractivity contribution in [3.8, 4) is 0 Å². The van der Waals surface area contributed by atoms with Crippen LogP contribution in [0.3, 0.4) is 0 Å². The Labute approximate surface area is 122 Å². The summed E-state index contributed by atoms with van der Waals surface area (Å²) in [6.07, 6.45) is 4.33. The van der Waals surface area contributed by atoms with Gasteiger partial charge in [0, 0.05) is 6.04 Å². The molecule has 1 fully saturated rings. The van der Waals surface area contributed by atoms with E-state index < -0.39 is 10.0 Å². The average molecular weight is 296 g/mol. The first-order chi connectivity index (χ1) is 9.51. The molecular weight excluding hydrogens is 272 g/mol. The Morgan fingerprint density at radius 2 is 1.90 bits per heavy atom. The summed E-state index contributed by atoms with van der Waals surface area (Å²) in [5.74, 6) is 0.719. The molecule has 1 aliphatic rings. The van der Waals surface area contributed by atoms with Crippen molar-refractivity contribution in [2.45, 2.75) is 43.5 Å². The molecule has 2 rings (SSSR count). The molecule has 0 aromatic heterocycles. The molecule has 0 saturated heterocycles. The van der Waals surface area contributed by atoms with Crippen molar-refractivity contribution in [1.82, 2.24) is 10.0 Å². The Morgan fingerprint density at radius 1 is 1.25 bits per heavy atom. The maximum atomic E-state index is 12.2. The molecular formula is C15H24N2O2S. The molecule has 2 N–H and O–H groups in total. The van der Waals surface area contributed by atoms with Gasteiger partial charge in [0.15, 0.2) is 0 Å². The predicted molar refractivity (Wildman–Crippen MR) is 81.2 cm³/mol. The van der Waals surface area contributed by atoms with Crippen LogP contribution in [0.5, 0.6) is 0 Å². The molecule has 4 nitrogen and oxygen atoms in total.